The normalized spacial score (nSPS) is 10.4. The number of nitrogens with zero attached hydrogens (tertiary/aromatic N) is 2. The van der Waals surface area contributed by atoms with E-state index in [1.54, 1.807) is 18.3 Å². The number of ether oxygens (including phenoxy) is 1. The number of hydrogen-bond acceptors (Lipinski definition) is 6. The lowest BCUT2D eigenvalue weighted by Gasteiger charge is -2.13. The van der Waals surface area contributed by atoms with Gasteiger partial charge < -0.3 is 14.1 Å². The molecule has 0 saturated carbocycles. The van der Waals surface area contributed by atoms with Gasteiger partial charge in [0.1, 0.15) is 6.26 Å². The highest BCUT2D eigenvalue weighted by atomic mass is 32.1. The maximum absolute atomic E-state index is 11.5. The summed E-state index contributed by atoms with van der Waals surface area (Å²) in [7, 11) is 1.88. The van der Waals surface area contributed by atoms with Crippen LogP contribution in [0.4, 0.5) is 6.01 Å². The van der Waals surface area contributed by atoms with Crippen molar-refractivity contribution in [1.29, 1.82) is 0 Å². The lowest BCUT2D eigenvalue weighted by molar-refractivity contribution is 0.0519. The number of likely N-dealkylation sites (N-methyl/N-ethyl adjacent to an activating group) is 1. The van der Waals surface area contributed by atoms with E-state index >= 15 is 0 Å². The number of carbonyl (C=O) groups excluding carboxylic acids is 1. The molecule has 0 saturated heterocycles. The first kappa shape index (κ1) is 13.6. The summed E-state index contributed by atoms with van der Waals surface area (Å²) >= 11 is 1.72. The van der Waals surface area contributed by atoms with Gasteiger partial charge in [-0.15, -0.1) is 11.3 Å². The Morgan fingerprint density at radius 2 is 2.42 bits per heavy atom. The van der Waals surface area contributed by atoms with Gasteiger partial charge in [0, 0.05) is 18.5 Å². The average molecular weight is 280 g/mol. The Morgan fingerprint density at radius 1 is 1.58 bits per heavy atom. The van der Waals surface area contributed by atoms with Crippen LogP contribution in [-0.4, -0.2) is 31.2 Å². The molecule has 0 spiro atoms. The van der Waals surface area contributed by atoms with Gasteiger partial charge in [-0.05, 0) is 24.8 Å². The number of rotatable bonds is 6. The molecule has 0 radical (unpaired) electrons. The van der Waals surface area contributed by atoms with Crippen molar-refractivity contribution in [3.05, 3.63) is 34.3 Å². The third kappa shape index (κ3) is 3.57. The fourth-order valence-corrected chi connectivity index (χ4v) is 2.26. The predicted molar refractivity (Wildman–Crippen MR) is 73.8 cm³/mol. The topological polar surface area (TPSA) is 55.6 Å². The minimum Gasteiger partial charge on any atom is -0.461 e. The molecule has 6 heteroatoms. The summed E-state index contributed by atoms with van der Waals surface area (Å²) in [6.45, 7) is 2.87. The molecule has 102 valence electrons. The summed E-state index contributed by atoms with van der Waals surface area (Å²) in [6, 6.07) is 4.56. The van der Waals surface area contributed by atoms with Crippen LogP contribution in [0, 0.1) is 0 Å². The molecule has 0 aromatic carbocycles. The van der Waals surface area contributed by atoms with Gasteiger partial charge in [-0.25, -0.2) is 4.79 Å². The zero-order valence-corrected chi connectivity index (χ0v) is 11.8. The molecular weight excluding hydrogens is 264 g/mol. The summed E-state index contributed by atoms with van der Waals surface area (Å²) < 4.78 is 10.1. The quantitative estimate of drug-likeness (QED) is 0.761. The first-order valence-corrected chi connectivity index (χ1v) is 6.95. The molecule has 0 aliphatic carbocycles. The molecule has 2 aromatic rings. The maximum Gasteiger partial charge on any atom is 0.360 e. The van der Waals surface area contributed by atoms with Gasteiger partial charge in [0.15, 0.2) is 5.69 Å². The second kappa shape index (κ2) is 6.38. The highest BCUT2D eigenvalue weighted by Gasteiger charge is 2.15. The number of carbonyl (C=O) groups is 1. The highest BCUT2D eigenvalue weighted by molar-refractivity contribution is 7.09. The molecule has 5 nitrogen and oxygen atoms in total. The summed E-state index contributed by atoms with van der Waals surface area (Å²) in [5.74, 6) is -0.454. The Balaban J connectivity index is 1.92. The van der Waals surface area contributed by atoms with Crippen LogP contribution >= 0.6 is 11.3 Å². The molecule has 0 atom stereocenters. The van der Waals surface area contributed by atoms with E-state index in [4.69, 9.17) is 9.15 Å². The van der Waals surface area contributed by atoms with Crippen LogP contribution in [0.1, 0.15) is 22.3 Å². The molecule has 0 bridgehead atoms. The van der Waals surface area contributed by atoms with Gasteiger partial charge in [-0.3, -0.25) is 0 Å². The van der Waals surface area contributed by atoms with E-state index in [1.165, 1.54) is 11.1 Å². The maximum atomic E-state index is 11.5. The summed E-state index contributed by atoms with van der Waals surface area (Å²) in [4.78, 5) is 18.8. The van der Waals surface area contributed by atoms with Crippen LogP contribution in [0.15, 0.2) is 28.2 Å². The van der Waals surface area contributed by atoms with E-state index in [0.29, 0.717) is 12.6 Å². The van der Waals surface area contributed by atoms with Crippen LogP contribution in [0.2, 0.25) is 0 Å². The predicted octanol–water partition coefficient (Wildman–Crippen LogP) is 2.59. The van der Waals surface area contributed by atoms with Gasteiger partial charge in [0.2, 0.25) is 0 Å². The number of aromatic nitrogens is 1. The Kier molecular flexibility index (Phi) is 4.57. The van der Waals surface area contributed by atoms with E-state index in [1.807, 2.05) is 18.0 Å². The molecule has 0 unspecified atom stereocenters. The van der Waals surface area contributed by atoms with Gasteiger partial charge in [-0.2, -0.15) is 4.98 Å². The zero-order valence-electron chi connectivity index (χ0n) is 11.0. The number of oxazole rings is 1. The number of esters is 1. The third-order valence-corrected chi connectivity index (χ3v) is 3.51. The fourth-order valence-electron chi connectivity index (χ4n) is 1.57. The fraction of sp³-hybridized carbons (Fsp3) is 0.385. The first-order chi connectivity index (χ1) is 9.20. The van der Waals surface area contributed by atoms with E-state index in [0.717, 1.165) is 13.0 Å². The van der Waals surface area contributed by atoms with Crippen LogP contribution in [0.3, 0.4) is 0 Å². The van der Waals surface area contributed by atoms with Crippen LogP contribution in [0.25, 0.3) is 0 Å². The van der Waals surface area contributed by atoms with Gasteiger partial charge in [0.25, 0.3) is 6.01 Å². The van der Waals surface area contributed by atoms with E-state index in [-0.39, 0.29) is 5.69 Å². The molecule has 2 aromatic heterocycles. The molecule has 0 fully saturated rings. The summed E-state index contributed by atoms with van der Waals surface area (Å²) in [5, 5.41) is 2.05. The molecular formula is C13H16N2O3S. The second-order valence-electron chi connectivity index (χ2n) is 3.99. The summed E-state index contributed by atoms with van der Waals surface area (Å²) in [5.41, 5.74) is 0.208. The second-order valence-corrected chi connectivity index (χ2v) is 5.02. The van der Waals surface area contributed by atoms with Gasteiger partial charge in [-0.1, -0.05) is 6.07 Å². The monoisotopic (exact) mass is 280 g/mol. The molecule has 0 aliphatic rings. The number of thiophene rings is 1. The number of hydrogen-bond donors (Lipinski definition) is 0. The van der Waals surface area contributed by atoms with Gasteiger partial charge >= 0.3 is 5.97 Å². The van der Waals surface area contributed by atoms with Crippen molar-refractivity contribution in [1.82, 2.24) is 4.98 Å². The zero-order chi connectivity index (χ0) is 13.7. The van der Waals surface area contributed by atoms with E-state index < -0.39 is 5.97 Å². The lowest BCUT2D eigenvalue weighted by atomic mass is 10.3. The van der Waals surface area contributed by atoms with Gasteiger partial charge in [0.05, 0.1) is 6.61 Å². The SMILES string of the molecule is CCOC(=O)c1coc(N(C)CCc2cccs2)n1. The van der Waals surface area contributed by atoms with E-state index in [9.17, 15) is 4.79 Å². The lowest BCUT2D eigenvalue weighted by Crippen LogP contribution is -2.20. The first-order valence-electron chi connectivity index (χ1n) is 6.07. The van der Waals surface area contributed by atoms with Crippen molar-refractivity contribution in [3.63, 3.8) is 0 Å². The Labute approximate surface area is 115 Å². The van der Waals surface area contributed by atoms with Crippen molar-refractivity contribution in [2.45, 2.75) is 13.3 Å². The van der Waals surface area contributed by atoms with Crippen molar-refractivity contribution >= 4 is 23.3 Å². The summed E-state index contributed by atoms with van der Waals surface area (Å²) in [6.07, 6.45) is 2.25. The van der Waals surface area contributed by atoms with E-state index in [2.05, 4.69) is 16.4 Å². The Bertz CT molecular complexity index is 522. The largest absolute Gasteiger partial charge is 0.461 e. The molecule has 0 amide bonds. The van der Waals surface area contributed by atoms with Crippen molar-refractivity contribution in [2.75, 3.05) is 25.1 Å². The number of anilines is 1. The standard InChI is InChI=1S/C13H16N2O3S/c1-3-17-12(16)11-9-18-13(14-11)15(2)7-6-10-5-4-8-19-10/h4-5,8-9H,3,6-7H2,1-2H3. The highest BCUT2D eigenvalue weighted by Crippen LogP contribution is 2.15. The van der Waals surface area contributed by atoms with Crippen molar-refractivity contribution < 1.29 is 13.9 Å². The van der Waals surface area contributed by atoms with Crippen LogP contribution in [-0.2, 0) is 11.2 Å². The van der Waals surface area contributed by atoms with Crippen molar-refractivity contribution in [2.24, 2.45) is 0 Å². The smallest absolute Gasteiger partial charge is 0.360 e. The Morgan fingerprint density at radius 3 is 3.11 bits per heavy atom. The third-order valence-electron chi connectivity index (χ3n) is 2.58. The van der Waals surface area contributed by atoms with Crippen molar-refractivity contribution in [3.8, 4) is 0 Å². The average Bonchev–Trinajstić information content (AvgIpc) is 3.07. The molecule has 2 rings (SSSR count). The molecule has 19 heavy (non-hydrogen) atoms. The molecule has 2 heterocycles. The molecule has 0 N–H and O–H groups in total. The van der Waals surface area contributed by atoms with Crippen LogP contribution < -0.4 is 4.90 Å². The Hall–Kier alpha value is -1.82. The minimum atomic E-state index is -0.454. The molecule has 0 aliphatic heterocycles. The van der Waals surface area contributed by atoms with Crippen LogP contribution in [0.5, 0.6) is 0 Å². The minimum absolute atomic E-state index is 0.208.